The molecule has 2 fully saturated rings. The number of hydrogen-bond donors (Lipinski definition) is 0. The molecule has 6 heteroatoms. The van der Waals surface area contributed by atoms with Crippen LogP contribution in [0.5, 0.6) is 11.5 Å². The molecule has 1 amide bonds. The van der Waals surface area contributed by atoms with Crippen molar-refractivity contribution >= 4 is 5.91 Å². The van der Waals surface area contributed by atoms with Gasteiger partial charge >= 0.3 is 0 Å². The summed E-state index contributed by atoms with van der Waals surface area (Å²) >= 11 is 0. The third kappa shape index (κ3) is 3.34. The van der Waals surface area contributed by atoms with Gasteiger partial charge in [0.15, 0.2) is 12.4 Å². The lowest BCUT2D eigenvalue weighted by Gasteiger charge is -2.37. The average Bonchev–Trinajstić information content (AvgIpc) is 3.01. The summed E-state index contributed by atoms with van der Waals surface area (Å²) in [5, 5.41) is 0. The van der Waals surface area contributed by atoms with Gasteiger partial charge in [-0.15, -0.1) is 0 Å². The first-order valence-corrected chi connectivity index (χ1v) is 7.53. The van der Waals surface area contributed by atoms with E-state index in [1.165, 1.54) is 0 Å². The van der Waals surface area contributed by atoms with E-state index in [4.69, 9.17) is 18.9 Å². The van der Waals surface area contributed by atoms with Gasteiger partial charge in [-0.05, 0) is 12.1 Å². The molecule has 3 rings (SSSR count). The lowest BCUT2D eigenvalue weighted by atomic mass is 10.0. The number of benzene rings is 1. The molecule has 0 atom stereocenters. The molecule has 0 saturated carbocycles. The Balaban J connectivity index is 1.48. The highest BCUT2D eigenvalue weighted by atomic mass is 16.7. The van der Waals surface area contributed by atoms with E-state index in [2.05, 4.69) is 0 Å². The molecule has 2 heterocycles. The summed E-state index contributed by atoms with van der Waals surface area (Å²) in [6.45, 7) is 2.60. The molecule has 0 aliphatic carbocycles. The Bertz CT molecular complexity index is 517. The van der Waals surface area contributed by atoms with Gasteiger partial charge in [0.2, 0.25) is 0 Å². The Hall–Kier alpha value is -1.79. The smallest absolute Gasteiger partial charge is 0.260 e. The Morgan fingerprint density at radius 1 is 1.23 bits per heavy atom. The standard InChI is InChI=1S/C16H21NO5/c1-19-13-3-2-4-14(11-13)20-12-15(18)17-7-5-16(6-8-17)21-9-10-22-16/h2-4,11H,5-10,12H2,1H3. The Kier molecular flexibility index (Phi) is 4.49. The van der Waals surface area contributed by atoms with Gasteiger partial charge in [-0.25, -0.2) is 0 Å². The van der Waals surface area contributed by atoms with Crippen LogP contribution >= 0.6 is 0 Å². The van der Waals surface area contributed by atoms with Gasteiger partial charge in [0.25, 0.3) is 5.91 Å². The summed E-state index contributed by atoms with van der Waals surface area (Å²) in [4.78, 5) is 14.0. The first-order valence-electron chi connectivity index (χ1n) is 7.53. The van der Waals surface area contributed by atoms with Gasteiger partial charge in [0.1, 0.15) is 11.5 Å². The van der Waals surface area contributed by atoms with Crippen LogP contribution in [0.2, 0.25) is 0 Å². The van der Waals surface area contributed by atoms with Crippen molar-refractivity contribution in [3.63, 3.8) is 0 Å². The van der Waals surface area contributed by atoms with Crippen LogP contribution in [0.3, 0.4) is 0 Å². The molecule has 0 aromatic heterocycles. The minimum Gasteiger partial charge on any atom is -0.497 e. The van der Waals surface area contributed by atoms with Crippen molar-refractivity contribution in [3.8, 4) is 11.5 Å². The Morgan fingerprint density at radius 3 is 2.59 bits per heavy atom. The van der Waals surface area contributed by atoms with Crippen molar-refractivity contribution in [3.05, 3.63) is 24.3 Å². The van der Waals surface area contributed by atoms with Crippen LogP contribution in [-0.2, 0) is 14.3 Å². The first kappa shape index (κ1) is 15.1. The van der Waals surface area contributed by atoms with E-state index >= 15 is 0 Å². The predicted octanol–water partition coefficient (Wildman–Crippen LogP) is 1.44. The molecule has 2 saturated heterocycles. The van der Waals surface area contributed by atoms with Gasteiger partial charge in [-0.2, -0.15) is 0 Å². The van der Waals surface area contributed by atoms with Crippen molar-refractivity contribution in [2.75, 3.05) is 40.0 Å². The van der Waals surface area contributed by atoms with Crippen molar-refractivity contribution < 1.29 is 23.7 Å². The molecule has 120 valence electrons. The molecule has 0 radical (unpaired) electrons. The number of piperidine rings is 1. The third-order valence-electron chi connectivity index (χ3n) is 4.10. The van der Waals surface area contributed by atoms with Gasteiger partial charge in [0.05, 0.1) is 20.3 Å². The molecule has 0 N–H and O–H groups in total. The van der Waals surface area contributed by atoms with Crippen molar-refractivity contribution in [2.45, 2.75) is 18.6 Å². The lowest BCUT2D eigenvalue weighted by Crippen LogP contribution is -2.48. The van der Waals surface area contributed by atoms with Gasteiger partial charge in [-0.3, -0.25) is 4.79 Å². The minimum absolute atomic E-state index is 0.0179. The molecule has 6 nitrogen and oxygen atoms in total. The highest BCUT2D eigenvalue weighted by molar-refractivity contribution is 5.77. The number of rotatable bonds is 4. The van der Waals surface area contributed by atoms with Crippen LogP contribution in [-0.4, -0.2) is 56.6 Å². The van der Waals surface area contributed by atoms with Crippen molar-refractivity contribution in [1.82, 2.24) is 4.90 Å². The number of likely N-dealkylation sites (tertiary alicyclic amines) is 1. The zero-order valence-corrected chi connectivity index (χ0v) is 12.7. The number of amides is 1. The topological polar surface area (TPSA) is 57.2 Å². The summed E-state index contributed by atoms with van der Waals surface area (Å²) in [6, 6.07) is 7.23. The van der Waals surface area contributed by atoms with Crippen molar-refractivity contribution in [1.29, 1.82) is 0 Å². The molecule has 1 aromatic rings. The van der Waals surface area contributed by atoms with E-state index in [0.717, 1.165) is 12.8 Å². The molecule has 2 aliphatic rings. The fourth-order valence-electron chi connectivity index (χ4n) is 2.81. The Morgan fingerprint density at radius 2 is 1.91 bits per heavy atom. The fourth-order valence-corrected chi connectivity index (χ4v) is 2.81. The zero-order chi connectivity index (χ0) is 15.4. The molecule has 0 unspecified atom stereocenters. The summed E-state index contributed by atoms with van der Waals surface area (Å²) in [6.07, 6.45) is 1.44. The highest BCUT2D eigenvalue weighted by Gasteiger charge is 2.40. The summed E-state index contributed by atoms with van der Waals surface area (Å²) < 4.78 is 22.0. The fraction of sp³-hybridized carbons (Fsp3) is 0.562. The molecule has 1 aromatic carbocycles. The van der Waals surface area contributed by atoms with Gasteiger partial charge in [0, 0.05) is 32.0 Å². The summed E-state index contributed by atoms with van der Waals surface area (Å²) in [5.41, 5.74) is 0. The van der Waals surface area contributed by atoms with Crippen LogP contribution in [0.4, 0.5) is 0 Å². The second-order valence-electron chi connectivity index (χ2n) is 5.46. The average molecular weight is 307 g/mol. The van der Waals surface area contributed by atoms with E-state index in [9.17, 15) is 4.79 Å². The van der Waals surface area contributed by atoms with E-state index < -0.39 is 5.79 Å². The monoisotopic (exact) mass is 307 g/mol. The quantitative estimate of drug-likeness (QED) is 0.842. The number of ether oxygens (including phenoxy) is 4. The number of carbonyl (C=O) groups excluding carboxylic acids is 1. The van der Waals surface area contributed by atoms with E-state index in [-0.39, 0.29) is 12.5 Å². The normalized spacial score (nSPS) is 20.1. The molecule has 2 aliphatic heterocycles. The van der Waals surface area contributed by atoms with E-state index in [0.29, 0.717) is 37.8 Å². The third-order valence-corrected chi connectivity index (χ3v) is 4.10. The van der Waals surface area contributed by atoms with Gasteiger partial charge < -0.3 is 23.8 Å². The van der Waals surface area contributed by atoms with Crippen LogP contribution in [0.15, 0.2) is 24.3 Å². The van der Waals surface area contributed by atoms with Crippen LogP contribution in [0, 0.1) is 0 Å². The molecular formula is C16H21NO5. The second-order valence-corrected chi connectivity index (χ2v) is 5.46. The minimum atomic E-state index is -0.454. The van der Waals surface area contributed by atoms with Crippen LogP contribution < -0.4 is 9.47 Å². The predicted molar refractivity (Wildman–Crippen MR) is 78.9 cm³/mol. The Labute approximate surface area is 129 Å². The first-order chi connectivity index (χ1) is 10.7. The van der Waals surface area contributed by atoms with E-state index in [1.807, 2.05) is 12.1 Å². The largest absolute Gasteiger partial charge is 0.497 e. The summed E-state index contributed by atoms with van der Waals surface area (Å²) in [5.74, 6) is 0.865. The molecular weight excluding hydrogens is 286 g/mol. The van der Waals surface area contributed by atoms with Crippen LogP contribution in [0.25, 0.3) is 0 Å². The second kappa shape index (κ2) is 6.54. The maximum Gasteiger partial charge on any atom is 0.260 e. The van der Waals surface area contributed by atoms with Gasteiger partial charge in [-0.1, -0.05) is 6.07 Å². The number of carbonyl (C=O) groups is 1. The maximum atomic E-state index is 12.2. The number of hydrogen-bond acceptors (Lipinski definition) is 5. The zero-order valence-electron chi connectivity index (χ0n) is 12.7. The number of nitrogens with zero attached hydrogens (tertiary/aromatic N) is 1. The molecule has 1 spiro atoms. The van der Waals surface area contributed by atoms with Crippen LogP contribution in [0.1, 0.15) is 12.8 Å². The summed E-state index contributed by atoms with van der Waals surface area (Å²) in [7, 11) is 1.60. The maximum absolute atomic E-state index is 12.2. The van der Waals surface area contributed by atoms with E-state index in [1.54, 1.807) is 24.1 Å². The van der Waals surface area contributed by atoms with Crippen molar-refractivity contribution in [2.24, 2.45) is 0 Å². The SMILES string of the molecule is COc1cccc(OCC(=O)N2CCC3(CC2)OCCO3)c1. The molecule has 22 heavy (non-hydrogen) atoms. The number of methoxy groups -OCH3 is 1. The molecule has 0 bridgehead atoms. The highest BCUT2D eigenvalue weighted by Crippen LogP contribution is 2.31. The lowest BCUT2D eigenvalue weighted by molar-refractivity contribution is -0.187.